The Morgan fingerprint density at radius 3 is 3.30 bits per heavy atom. The Bertz CT molecular complexity index is 357. The number of rotatable bonds is 0. The van der Waals surface area contributed by atoms with Gasteiger partial charge in [-0.1, -0.05) is 0 Å². The van der Waals surface area contributed by atoms with Gasteiger partial charge in [0.1, 0.15) is 4.83 Å². The standard InChI is InChI=1S/C6H3BrN2S/c7-6-8-3-4-1-2-10-5(4)9-6/h1-3H. The Morgan fingerprint density at radius 2 is 2.40 bits per heavy atom. The summed E-state index contributed by atoms with van der Waals surface area (Å²) in [5.41, 5.74) is 0. The van der Waals surface area contributed by atoms with Gasteiger partial charge in [0.05, 0.1) is 0 Å². The highest BCUT2D eigenvalue weighted by molar-refractivity contribution is 9.10. The Balaban J connectivity index is 2.86. The molecular weight excluding hydrogens is 212 g/mol. The van der Waals surface area contributed by atoms with Crippen LogP contribution in [0.5, 0.6) is 0 Å². The van der Waals surface area contributed by atoms with Crippen LogP contribution in [0.3, 0.4) is 0 Å². The van der Waals surface area contributed by atoms with E-state index in [0.717, 1.165) is 10.2 Å². The Labute approximate surface area is 70.1 Å². The molecule has 0 atom stereocenters. The van der Waals surface area contributed by atoms with Gasteiger partial charge >= 0.3 is 0 Å². The van der Waals surface area contributed by atoms with Gasteiger partial charge in [0.2, 0.25) is 0 Å². The second-order valence-corrected chi connectivity index (χ2v) is 3.42. The first-order valence-corrected chi connectivity index (χ1v) is 4.39. The Morgan fingerprint density at radius 1 is 1.50 bits per heavy atom. The molecule has 4 heteroatoms. The molecule has 2 rings (SSSR count). The van der Waals surface area contributed by atoms with Gasteiger partial charge in [-0.15, -0.1) is 11.3 Å². The molecule has 0 aliphatic rings. The molecule has 0 amide bonds. The molecular formula is C6H3BrN2S. The third-order valence-corrected chi connectivity index (χ3v) is 2.38. The maximum Gasteiger partial charge on any atom is 0.197 e. The molecule has 10 heavy (non-hydrogen) atoms. The van der Waals surface area contributed by atoms with Crippen molar-refractivity contribution in [2.75, 3.05) is 0 Å². The molecule has 0 N–H and O–H groups in total. The first kappa shape index (κ1) is 6.24. The summed E-state index contributed by atoms with van der Waals surface area (Å²) >= 11 is 4.82. The van der Waals surface area contributed by atoms with Crippen LogP contribution in [0.25, 0.3) is 10.2 Å². The smallest absolute Gasteiger partial charge is 0.197 e. The summed E-state index contributed by atoms with van der Waals surface area (Å²) in [6.07, 6.45) is 1.81. The van der Waals surface area contributed by atoms with Crippen LogP contribution in [0.4, 0.5) is 0 Å². The minimum Gasteiger partial charge on any atom is -0.230 e. The highest BCUT2D eigenvalue weighted by Gasteiger charge is 1.95. The molecule has 2 aromatic heterocycles. The fourth-order valence-electron chi connectivity index (χ4n) is 0.736. The highest BCUT2D eigenvalue weighted by atomic mass is 79.9. The van der Waals surface area contributed by atoms with Gasteiger partial charge in [-0.2, -0.15) is 0 Å². The molecule has 0 aromatic carbocycles. The number of fused-ring (bicyclic) bond motifs is 1. The number of halogens is 1. The second kappa shape index (κ2) is 2.29. The van der Waals surface area contributed by atoms with Gasteiger partial charge in [0, 0.05) is 11.6 Å². The van der Waals surface area contributed by atoms with Crippen LogP contribution in [0.2, 0.25) is 0 Å². The van der Waals surface area contributed by atoms with Crippen molar-refractivity contribution in [3.05, 3.63) is 22.4 Å². The van der Waals surface area contributed by atoms with Crippen molar-refractivity contribution in [2.45, 2.75) is 0 Å². The number of hydrogen-bond acceptors (Lipinski definition) is 3. The fraction of sp³-hybridized carbons (Fsp3) is 0. The summed E-state index contributed by atoms with van der Waals surface area (Å²) in [5, 5.41) is 3.11. The Kier molecular flexibility index (Phi) is 1.43. The number of thiophene rings is 1. The molecule has 0 aliphatic heterocycles. The maximum atomic E-state index is 4.16. The maximum absolute atomic E-state index is 4.16. The minimum absolute atomic E-state index is 0.655. The first-order valence-electron chi connectivity index (χ1n) is 2.72. The minimum atomic E-state index is 0.655. The average Bonchev–Trinajstić information content (AvgIpc) is 2.33. The zero-order valence-electron chi connectivity index (χ0n) is 4.91. The molecule has 2 nitrogen and oxygen atoms in total. The van der Waals surface area contributed by atoms with Gasteiger partial charge in [-0.25, -0.2) is 9.97 Å². The van der Waals surface area contributed by atoms with Crippen LogP contribution in [-0.4, -0.2) is 9.97 Å². The number of aromatic nitrogens is 2. The molecule has 0 fully saturated rings. The van der Waals surface area contributed by atoms with E-state index in [1.165, 1.54) is 0 Å². The van der Waals surface area contributed by atoms with E-state index in [0.29, 0.717) is 4.73 Å². The van der Waals surface area contributed by atoms with Crippen molar-refractivity contribution >= 4 is 37.5 Å². The summed E-state index contributed by atoms with van der Waals surface area (Å²) in [5.74, 6) is 0. The lowest BCUT2D eigenvalue weighted by Gasteiger charge is -1.86. The van der Waals surface area contributed by atoms with Crippen LogP contribution in [-0.2, 0) is 0 Å². The number of nitrogens with zero attached hydrogens (tertiary/aromatic N) is 2. The summed E-state index contributed by atoms with van der Waals surface area (Å²) in [7, 11) is 0. The van der Waals surface area contributed by atoms with Crippen molar-refractivity contribution in [1.82, 2.24) is 9.97 Å². The molecule has 2 heterocycles. The quantitative estimate of drug-likeness (QED) is 0.631. The first-order chi connectivity index (χ1) is 4.86. The molecule has 0 radical (unpaired) electrons. The van der Waals surface area contributed by atoms with Gasteiger partial charge < -0.3 is 0 Å². The van der Waals surface area contributed by atoms with Gasteiger partial charge in [-0.05, 0) is 27.4 Å². The van der Waals surface area contributed by atoms with E-state index in [4.69, 9.17) is 0 Å². The normalized spacial score (nSPS) is 10.5. The van der Waals surface area contributed by atoms with E-state index >= 15 is 0 Å². The van der Waals surface area contributed by atoms with E-state index in [9.17, 15) is 0 Å². The monoisotopic (exact) mass is 214 g/mol. The van der Waals surface area contributed by atoms with Crippen LogP contribution in [0, 0.1) is 0 Å². The molecule has 50 valence electrons. The Hall–Kier alpha value is -0.480. The van der Waals surface area contributed by atoms with Crippen LogP contribution >= 0.6 is 27.3 Å². The van der Waals surface area contributed by atoms with E-state index in [1.54, 1.807) is 11.3 Å². The van der Waals surface area contributed by atoms with E-state index < -0.39 is 0 Å². The summed E-state index contributed by atoms with van der Waals surface area (Å²) in [6, 6.07) is 2.01. The zero-order chi connectivity index (χ0) is 6.97. The van der Waals surface area contributed by atoms with E-state index in [-0.39, 0.29) is 0 Å². The lowest BCUT2D eigenvalue weighted by atomic mass is 10.4. The topological polar surface area (TPSA) is 25.8 Å². The number of hydrogen-bond donors (Lipinski definition) is 0. The average molecular weight is 215 g/mol. The largest absolute Gasteiger partial charge is 0.230 e. The molecule has 0 aliphatic carbocycles. The van der Waals surface area contributed by atoms with Gasteiger partial charge in [-0.3, -0.25) is 0 Å². The molecule has 0 saturated heterocycles. The van der Waals surface area contributed by atoms with Crippen molar-refractivity contribution < 1.29 is 0 Å². The van der Waals surface area contributed by atoms with Crippen LogP contribution in [0.1, 0.15) is 0 Å². The van der Waals surface area contributed by atoms with E-state index in [2.05, 4.69) is 25.9 Å². The molecule has 0 saturated carbocycles. The second-order valence-electron chi connectivity index (χ2n) is 1.82. The predicted molar refractivity (Wildman–Crippen MR) is 45.1 cm³/mol. The lowest BCUT2D eigenvalue weighted by molar-refractivity contribution is 1.17. The van der Waals surface area contributed by atoms with Crippen LogP contribution < -0.4 is 0 Å². The molecule has 2 aromatic rings. The SMILES string of the molecule is Brc1ncc2ccsc2n1. The zero-order valence-corrected chi connectivity index (χ0v) is 7.32. The summed E-state index contributed by atoms with van der Waals surface area (Å²) in [6.45, 7) is 0. The van der Waals surface area contributed by atoms with Crippen LogP contribution in [0.15, 0.2) is 22.4 Å². The highest BCUT2D eigenvalue weighted by Crippen LogP contribution is 2.18. The van der Waals surface area contributed by atoms with Crippen molar-refractivity contribution in [1.29, 1.82) is 0 Å². The predicted octanol–water partition coefficient (Wildman–Crippen LogP) is 2.45. The van der Waals surface area contributed by atoms with Gasteiger partial charge in [0.15, 0.2) is 4.73 Å². The third-order valence-electron chi connectivity index (χ3n) is 1.18. The molecule has 0 bridgehead atoms. The summed E-state index contributed by atoms with van der Waals surface area (Å²) in [4.78, 5) is 9.18. The fourth-order valence-corrected chi connectivity index (χ4v) is 1.87. The van der Waals surface area contributed by atoms with E-state index in [1.807, 2.05) is 17.6 Å². The summed E-state index contributed by atoms with van der Waals surface area (Å²) < 4.78 is 0.655. The van der Waals surface area contributed by atoms with Gasteiger partial charge in [0.25, 0.3) is 0 Å². The molecule has 0 unspecified atom stereocenters. The lowest BCUT2D eigenvalue weighted by Crippen LogP contribution is -1.77. The third kappa shape index (κ3) is 0.932. The van der Waals surface area contributed by atoms with Crippen molar-refractivity contribution in [3.63, 3.8) is 0 Å². The van der Waals surface area contributed by atoms with Crippen molar-refractivity contribution in [2.24, 2.45) is 0 Å². The molecule has 0 spiro atoms. The van der Waals surface area contributed by atoms with Crippen molar-refractivity contribution in [3.8, 4) is 0 Å².